The Morgan fingerprint density at radius 2 is 1.95 bits per heavy atom. The summed E-state index contributed by atoms with van der Waals surface area (Å²) >= 11 is 0. The number of piperazine rings is 1. The monoisotopic (exact) mass is 300 g/mol. The van der Waals surface area contributed by atoms with Gasteiger partial charge in [-0.25, -0.2) is 9.37 Å². The molecule has 22 heavy (non-hydrogen) atoms. The predicted octanol–water partition coefficient (Wildman–Crippen LogP) is 2.29. The van der Waals surface area contributed by atoms with Gasteiger partial charge in [-0.2, -0.15) is 0 Å². The van der Waals surface area contributed by atoms with Crippen molar-refractivity contribution in [2.75, 3.05) is 37.6 Å². The number of aromatic nitrogens is 2. The van der Waals surface area contributed by atoms with Gasteiger partial charge in [-0.05, 0) is 42.7 Å². The second-order valence-electron chi connectivity index (χ2n) is 5.69. The van der Waals surface area contributed by atoms with Gasteiger partial charge in [0.05, 0.1) is 0 Å². The molecule has 0 atom stereocenters. The maximum atomic E-state index is 13.8. The van der Waals surface area contributed by atoms with Crippen molar-refractivity contribution in [3.63, 3.8) is 0 Å². The second-order valence-corrected chi connectivity index (χ2v) is 5.69. The standard InChI is InChI=1S/C17H21FN4/c1-14-13-19-7-4-15(14)5-8-21-9-11-22(12-10-21)17-16(18)3-2-6-20-17/h2-4,6-7,13H,5,8-12H2,1H3. The largest absolute Gasteiger partial charge is 0.352 e. The number of anilines is 1. The zero-order valence-electron chi connectivity index (χ0n) is 12.9. The lowest BCUT2D eigenvalue weighted by atomic mass is 10.1. The van der Waals surface area contributed by atoms with Gasteiger partial charge in [0.25, 0.3) is 0 Å². The normalized spacial score (nSPS) is 16.0. The summed E-state index contributed by atoms with van der Waals surface area (Å²) in [6.07, 6.45) is 6.45. The van der Waals surface area contributed by atoms with Crippen LogP contribution in [0.2, 0.25) is 0 Å². The van der Waals surface area contributed by atoms with Crippen LogP contribution >= 0.6 is 0 Å². The molecule has 0 radical (unpaired) electrons. The molecule has 116 valence electrons. The van der Waals surface area contributed by atoms with E-state index in [1.807, 2.05) is 17.3 Å². The first-order valence-electron chi connectivity index (χ1n) is 7.71. The molecule has 0 bridgehead atoms. The lowest BCUT2D eigenvalue weighted by Crippen LogP contribution is -2.47. The van der Waals surface area contributed by atoms with Crippen LogP contribution in [0.3, 0.4) is 0 Å². The summed E-state index contributed by atoms with van der Waals surface area (Å²) in [7, 11) is 0. The van der Waals surface area contributed by atoms with Crippen LogP contribution in [0.4, 0.5) is 10.2 Å². The zero-order chi connectivity index (χ0) is 15.4. The van der Waals surface area contributed by atoms with Crippen LogP contribution in [-0.2, 0) is 6.42 Å². The van der Waals surface area contributed by atoms with Crippen molar-refractivity contribution in [1.82, 2.24) is 14.9 Å². The molecule has 1 aliphatic rings. The number of nitrogens with zero attached hydrogens (tertiary/aromatic N) is 4. The van der Waals surface area contributed by atoms with Crippen LogP contribution in [0.1, 0.15) is 11.1 Å². The molecule has 1 aliphatic heterocycles. The van der Waals surface area contributed by atoms with Crippen molar-refractivity contribution in [1.29, 1.82) is 0 Å². The van der Waals surface area contributed by atoms with Gasteiger partial charge in [0.2, 0.25) is 0 Å². The van der Waals surface area contributed by atoms with Crippen molar-refractivity contribution in [3.05, 3.63) is 53.7 Å². The van der Waals surface area contributed by atoms with Gasteiger partial charge in [0.15, 0.2) is 11.6 Å². The van der Waals surface area contributed by atoms with E-state index in [0.717, 1.165) is 39.1 Å². The quantitative estimate of drug-likeness (QED) is 0.867. The molecular formula is C17H21FN4. The molecule has 0 saturated carbocycles. The number of hydrogen-bond acceptors (Lipinski definition) is 4. The molecule has 1 saturated heterocycles. The van der Waals surface area contributed by atoms with Crippen molar-refractivity contribution in [3.8, 4) is 0 Å². The molecule has 2 aromatic rings. The first-order valence-corrected chi connectivity index (χ1v) is 7.71. The molecule has 0 aliphatic carbocycles. The average molecular weight is 300 g/mol. The molecule has 0 aromatic carbocycles. The van der Waals surface area contributed by atoms with E-state index in [0.29, 0.717) is 5.82 Å². The van der Waals surface area contributed by atoms with Crippen LogP contribution in [0.15, 0.2) is 36.8 Å². The van der Waals surface area contributed by atoms with Gasteiger partial charge in [-0.15, -0.1) is 0 Å². The van der Waals surface area contributed by atoms with E-state index < -0.39 is 0 Å². The van der Waals surface area contributed by atoms with Crippen LogP contribution < -0.4 is 4.90 Å². The lowest BCUT2D eigenvalue weighted by molar-refractivity contribution is 0.259. The SMILES string of the molecule is Cc1cnccc1CCN1CCN(c2ncccc2F)CC1. The molecule has 5 heteroatoms. The third-order valence-electron chi connectivity index (χ3n) is 4.24. The van der Waals surface area contributed by atoms with Crippen LogP contribution in [0, 0.1) is 12.7 Å². The van der Waals surface area contributed by atoms with E-state index >= 15 is 0 Å². The highest BCUT2D eigenvalue weighted by molar-refractivity contribution is 5.40. The minimum absolute atomic E-state index is 0.233. The molecule has 0 spiro atoms. The molecular weight excluding hydrogens is 279 g/mol. The summed E-state index contributed by atoms with van der Waals surface area (Å²) in [6, 6.07) is 5.20. The topological polar surface area (TPSA) is 32.3 Å². The Hall–Kier alpha value is -2.01. The molecule has 1 fully saturated rings. The molecule has 0 amide bonds. The molecule has 2 aromatic heterocycles. The summed E-state index contributed by atoms with van der Waals surface area (Å²) in [5, 5.41) is 0. The fraction of sp³-hybridized carbons (Fsp3) is 0.412. The number of aryl methyl sites for hydroxylation is 1. The van der Waals surface area contributed by atoms with Crippen LogP contribution in [-0.4, -0.2) is 47.6 Å². The maximum absolute atomic E-state index is 13.8. The van der Waals surface area contributed by atoms with Gasteiger partial charge in [0, 0.05) is 51.3 Å². The highest BCUT2D eigenvalue weighted by Gasteiger charge is 2.20. The second kappa shape index (κ2) is 6.83. The van der Waals surface area contributed by atoms with E-state index in [1.54, 1.807) is 12.3 Å². The van der Waals surface area contributed by atoms with Crippen molar-refractivity contribution in [2.24, 2.45) is 0 Å². The maximum Gasteiger partial charge on any atom is 0.165 e. The van der Waals surface area contributed by atoms with Crippen molar-refractivity contribution >= 4 is 5.82 Å². The number of hydrogen-bond donors (Lipinski definition) is 0. The molecule has 3 rings (SSSR count). The molecule has 0 N–H and O–H groups in total. The fourth-order valence-electron chi connectivity index (χ4n) is 2.85. The predicted molar refractivity (Wildman–Crippen MR) is 85.5 cm³/mol. The van der Waals surface area contributed by atoms with E-state index in [-0.39, 0.29) is 5.82 Å². The van der Waals surface area contributed by atoms with Crippen molar-refractivity contribution < 1.29 is 4.39 Å². The third kappa shape index (κ3) is 3.42. The summed E-state index contributed by atoms with van der Waals surface area (Å²) in [5.41, 5.74) is 2.60. The van der Waals surface area contributed by atoms with Gasteiger partial charge in [0.1, 0.15) is 0 Å². The van der Waals surface area contributed by atoms with Crippen molar-refractivity contribution in [2.45, 2.75) is 13.3 Å². The van der Waals surface area contributed by atoms with E-state index in [4.69, 9.17) is 0 Å². The van der Waals surface area contributed by atoms with Gasteiger partial charge < -0.3 is 4.90 Å². The average Bonchev–Trinajstić information content (AvgIpc) is 2.55. The summed E-state index contributed by atoms with van der Waals surface area (Å²) < 4.78 is 13.8. The molecule has 0 unspecified atom stereocenters. The number of pyridine rings is 2. The summed E-state index contributed by atoms with van der Waals surface area (Å²) in [5.74, 6) is 0.246. The lowest BCUT2D eigenvalue weighted by Gasteiger charge is -2.35. The smallest absolute Gasteiger partial charge is 0.165 e. The molecule has 4 nitrogen and oxygen atoms in total. The fourth-order valence-corrected chi connectivity index (χ4v) is 2.85. The summed E-state index contributed by atoms with van der Waals surface area (Å²) in [6.45, 7) is 6.67. The number of rotatable bonds is 4. The highest BCUT2D eigenvalue weighted by Crippen LogP contribution is 2.17. The van der Waals surface area contributed by atoms with Crippen LogP contribution in [0.5, 0.6) is 0 Å². The Labute approximate surface area is 130 Å². The van der Waals surface area contributed by atoms with E-state index in [9.17, 15) is 4.39 Å². The number of halogens is 1. The Balaban J connectivity index is 1.52. The van der Waals surface area contributed by atoms with Gasteiger partial charge >= 0.3 is 0 Å². The Kier molecular flexibility index (Phi) is 4.63. The summed E-state index contributed by atoms with van der Waals surface area (Å²) in [4.78, 5) is 12.7. The molecule has 3 heterocycles. The Morgan fingerprint density at radius 1 is 1.14 bits per heavy atom. The first-order chi connectivity index (χ1) is 10.7. The van der Waals surface area contributed by atoms with E-state index in [1.165, 1.54) is 17.2 Å². The Morgan fingerprint density at radius 3 is 2.68 bits per heavy atom. The van der Waals surface area contributed by atoms with E-state index in [2.05, 4.69) is 27.9 Å². The minimum atomic E-state index is -0.233. The third-order valence-corrected chi connectivity index (χ3v) is 4.24. The Bertz CT molecular complexity index is 624. The highest BCUT2D eigenvalue weighted by atomic mass is 19.1. The zero-order valence-corrected chi connectivity index (χ0v) is 12.9. The van der Waals surface area contributed by atoms with Gasteiger partial charge in [-0.1, -0.05) is 0 Å². The van der Waals surface area contributed by atoms with Gasteiger partial charge in [-0.3, -0.25) is 9.88 Å². The first kappa shape index (κ1) is 14.9. The van der Waals surface area contributed by atoms with Crippen LogP contribution in [0.25, 0.3) is 0 Å². The minimum Gasteiger partial charge on any atom is -0.352 e.